The number of rotatable bonds is 10. The molecule has 0 spiro atoms. The number of anilines is 2. The van der Waals surface area contributed by atoms with Crippen molar-refractivity contribution < 1.29 is 33.5 Å². The predicted octanol–water partition coefficient (Wildman–Crippen LogP) is 3.07. The summed E-state index contributed by atoms with van der Waals surface area (Å²) < 4.78 is 37.0. The summed E-state index contributed by atoms with van der Waals surface area (Å²) in [6.45, 7) is 9.14. The Bertz CT molecular complexity index is 1080. The van der Waals surface area contributed by atoms with Crippen molar-refractivity contribution in [2.24, 2.45) is 23.2 Å². The van der Waals surface area contributed by atoms with Gasteiger partial charge in [-0.25, -0.2) is 0 Å². The Labute approximate surface area is 241 Å². The van der Waals surface area contributed by atoms with Gasteiger partial charge >= 0.3 is 6.01 Å². The monoisotopic (exact) mass is 575 g/mol. The summed E-state index contributed by atoms with van der Waals surface area (Å²) in [5.74, 6) is 1.97. The van der Waals surface area contributed by atoms with Crippen molar-refractivity contribution in [1.29, 1.82) is 0 Å². The zero-order chi connectivity index (χ0) is 28.4. The van der Waals surface area contributed by atoms with Crippen molar-refractivity contribution in [2.45, 2.75) is 115 Å². The molecule has 0 aromatic carbocycles. The summed E-state index contributed by atoms with van der Waals surface area (Å²) in [4.78, 5) is 13.8. The van der Waals surface area contributed by atoms with Crippen LogP contribution in [0.4, 0.5) is 11.9 Å². The molecular formula is C29H45N5O7. The molecule has 12 nitrogen and oxygen atoms in total. The Morgan fingerprint density at radius 3 is 2.10 bits per heavy atom. The van der Waals surface area contributed by atoms with E-state index >= 15 is 0 Å². The van der Waals surface area contributed by atoms with E-state index in [1.165, 1.54) is 38.5 Å². The van der Waals surface area contributed by atoms with E-state index in [0.29, 0.717) is 30.3 Å². The minimum absolute atomic E-state index is 0.0866. The van der Waals surface area contributed by atoms with Crippen LogP contribution in [-0.2, 0) is 23.7 Å². The van der Waals surface area contributed by atoms with Gasteiger partial charge in [-0.1, -0.05) is 0 Å². The highest BCUT2D eigenvalue weighted by Gasteiger charge is 2.61. The van der Waals surface area contributed by atoms with Crippen LogP contribution in [-0.4, -0.2) is 88.6 Å². The van der Waals surface area contributed by atoms with Gasteiger partial charge in [0, 0.05) is 19.7 Å². The Kier molecular flexibility index (Phi) is 7.10. The zero-order valence-corrected chi connectivity index (χ0v) is 24.6. The summed E-state index contributed by atoms with van der Waals surface area (Å²) in [7, 11) is 0. The molecule has 3 saturated heterocycles. The van der Waals surface area contributed by atoms with Crippen LogP contribution in [0.3, 0.4) is 0 Å². The van der Waals surface area contributed by atoms with E-state index in [1.54, 1.807) is 0 Å². The highest BCUT2D eigenvalue weighted by Crippen LogP contribution is 2.60. The van der Waals surface area contributed by atoms with Gasteiger partial charge < -0.3 is 44.2 Å². The van der Waals surface area contributed by atoms with Crippen LogP contribution < -0.4 is 15.4 Å². The van der Waals surface area contributed by atoms with Crippen LogP contribution in [0.1, 0.15) is 72.6 Å². The number of ether oxygens (including phenoxy) is 6. The first kappa shape index (κ1) is 28.0. The topological polar surface area (TPSA) is 138 Å². The highest BCUT2D eigenvalue weighted by atomic mass is 16.9. The Balaban J connectivity index is 1.06. The lowest BCUT2D eigenvalue weighted by Gasteiger charge is -2.56. The third-order valence-electron chi connectivity index (χ3n) is 9.65. The van der Waals surface area contributed by atoms with Crippen LogP contribution in [0, 0.1) is 23.2 Å². The third kappa shape index (κ3) is 5.75. The van der Waals surface area contributed by atoms with Crippen LogP contribution in [0.5, 0.6) is 6.01 Å². The molecule has 0 amide bonds. The van der Waals surface area contributed by atoms with E-state index in [1.807, 2.05) is 27.7 Å². The molecule has 228 valence electrons. The van der Waals surface area contributed by atoms with Crippen molar-refractivity contribution in [3.63, 3.8) is 0 Å². The number of hydrogen-bond acceptors (Lipinski definition) is 12. The fraction of sp³-hybridized carbons (Fsp3) is 0.897. The van der Waals surface area contributed by atoms with Crippen LogP contribution in [0.15, 0.2) is 0 Å². The largest absolute Gasteiger partial charge is 0.460 e. The Morgan fingerprint density at radius 1 is 0.805 bits per heavy atom. The van der Waals surface area contributed by atoms with Gasteiger partial charge in [0.2, 0.25) is 11.9 Å². The first-order chi connectivity index (χ1) is 19.6. The van der Waals surface area contributed by atoms with E-state index in [9.17, 15) is 5.11 Å². The second-order valence-electron chi connectivity index (χ2n) is 14.1. The van der Waals surface area contributed by atoms with E-state index in [-0.39, 0.29) is 25.3 Å². The minimum Gasteiger partial charge on any atom is -0.460 e. The summed E-state index contributed by atoms with van der Waals surface area (Å²) in [5, 5.41) is 16.0. The van der Waals surface area contributed by atoms with Crippen LogP contribution in [0.2, 0.25) is 0 Å². The lowest BCUT2D eigenvalue weighted by atomic mass is 9.49. The molecule has 1 aromatic heterocycles. The molecule has 4 aliphatic carbocycles. The summed E-state index contributed by atoms with van der Waals surface area (Å²) in [6.07, 6.45) is 6.49. The quantitative estimate of drug-likeness (QED) is 0.354. The standard InChI is InChI=1S/C29H45N5O7/c1-27(2)38-20-19(37-23-22(21(20)39-27)40-28(3,4)41-23)14-36-26-33-24(30-6-5-7-35)32-25(34-26)31-15-29-11-16-8-17(12-29)10-18(9-16)13-29/h16-23,35H,5-15H2,1-4H3,(H2,30,31,32,33,34)/t16?,17?,18?,19-,20+,21+,22-,23-,29?/m1/s1. The van der Waals surface area contributed by atoms with Gasteiger partial charge in [-0.3, -0.25) is 0 Å². The van der Waals surface area contributed by atoms with Gasteiger partial charge in [0.25, 0.3) is 0 Å². The van der Waals surface area contributed by atoms with Gasteiger partial charge in [0.05, 0.1) is 0 Å². The second kappa shape index (κ2) is 10.4. The molecule has 7 fully saturated rings. The molecule has 41 heavy (non-hydrogen) atoms. The predicted molar refractivity (Wildman–Crippen MR) is 147 cm³/mol. The third-order valence-corrected chi connectivity index (χ3v) is 9.65. The zero-order valence-electron chi connectivity index (χ0n) is 24.6. The summed E-state index contributed by atoms with van der Waals surface area (Å²) >= 11 is 0. The normalized spacial score (nSPS) is 41.2. The maximum atomic E-state index is 9.24. The van der Waals surface area contributed by atoms with Crippen molar-refractivity contribution in [2.75, 3.05) is 36.9 Å². The van der Waals surface area contributed by atoms with Crippen LogP contribution in [0.25, 0.3) is 0 Å². The Morgan fingerprint density at radius 2 is 1.41 bits per heavy atom. The van der Waals surface area contributed by atoms with Crippen molar-refractivity contribution in [3.8, 4) is 6.01 Å². The van der Waals surface area contributed by atoms with Crippen molar-refractivity contribution in [1.82, 2.24) is 15.0 Å². The molecule has 0 radical (unpaired) electrons. The number of nitrogens with zero attached hydrogens (tertiary/aromatic N) is 3. The number of aromatic nitrogens is 3. The molecule has 1 aromatic rings. The van der Waals surface area contributed by atoms with Gasteiger partial charge in [-0.15, -0.1) is 0 Å². The molecule has 4 heterocycles. The summed E-state index contributed by atoms with van der Waals surface area (Å²) in [6, 6.07) is 0.198. The molecule has 4 bridgehead atoms. The number of aliphatic hydroxyl groups excluding tert-OH is 1. The molecule has 8 rings (SSSR count). The van der Waals surface area contributed by atoms with Gasteiger partial charge in [-0.2, -0.15) is 15.0 Å². The number of aliphatic hydroxyl groups is 1. The number of fused-ring (bicyclic) bond motifs is 3. The minimum atomic E-state index is -0.785. The van der Waals surface area contributed by atoms with E-state index in [2.05, 4.69) is 25.6 Å². The Hall–Kier alpha value is -1.83. The fourth-order valence-corrected chi connectivity index (χ4v) is 8.62. The lowest BCUT2D eigenvalue weighted by molar-refractivity contribution is -0.238. The fourth-order valence-electron chi connectivity index (χ4n) is 8.62. The summed E-state index contributed by atoms with van der Waals surface area (Å²) in [5.41, 5.74) is 0.331. The molecule has 7 aliphatic rings. The maximum absolute atomic E-state index is 9.24. The molecule has 0 unspecified atom stereocenters. The average molecular weight is 576 g/mol. The van der Waals surface area contributed by atoms with Crippen LogP contribution >= 0.6 is 0 Å². The molecule has 3 N–H and O–H groups in total. The van der Waals surface area contributed by atoms with Gasteiger partial charge in [0.1, 0.15) is 31.0 Å². The molecule has 4 saturated carbocycles. The first-order valence-corrected chi connectivity index (χ1v) is 15.4. The lowest BCUT2D eigenvalue weighted by Crippen LogP contribution is -2.56. The highest BCUT2D eigenvalue weighted by molar-refractivity contribution is 5.36. The smallest absolute Gasteiger partial charge is 0.323 e. The van der Waals surface area contributed by atoms with Crippen molar-refractivity contribution in [3.05, 3.63) is 0 Å². The molecular weight excluding hydrogens is 530 g/mol. The molecule has 3 aliphatic heterocycles. The maximum Gasteiger partial charge on any atom is 0.323 e. The van der Waals surface area contributed by atoms with E-state index in [0.717, 1.165) is 24.3 Å². The SMILES string of the molecule is CC1(C)O[C@H]2[C@@H](O1)[C@@H](COc1nc(NCCCO)nc(NCC34CC5CC(CC(C5)C3)C4)n1)O[C@@H]1OC(C)(C)O[C@@H]12. The van der Waals surface area contributed by atoms with Gasteiger partial charge in [-0.05, 0) is 95.8 Å². The number of hydrogen-bond donors (Lipinski definition) is 3. The van der Waals surface area contributed by atoms with E-state index < -0.39 is 36.2 Å². The second-order valence-corrected chi connectivity index (χ2v) is 14.1. The molecule has 12 heteroatoms. The molecule has 5 atom stereocenters. The average Bonchev–Trinajstić information content (AvgIpc) is 3.39. The first-order valence-electron chi connectivity index (χ1n) is 15.4. The number of nitrogens with one attached hydrogen (secondary N) is 2. The van der Waals surface area contributed by atoms with Gasteiger partial charge in [0.15, 0.2) is 17.9 Å². The van der Waals surface area contributed by atoms with E-state index in [4.69, 9.17) is 28.4 Å². The van der Waals surface area contributed by atoms with Crippen molar-refractivity contribution >= 4 is 11.9 Å².